The van der Waals surface area contributed by atoms with Crippen molar-refractivity contribution in [2.45, 2.75) is 59.8 Å². The van der Waals surface area contributed by atoms with Gasteiger partial charge in [-0.25, -0.2) is 8.42 Å². The minimum Gasteiger partial charge on any atom is -0.330 e. The molecule has 0 aliphatic heterocycles. The Morgan fingerprint density at radius 3 is 2.30 bits per heavy atom. The molecule has 0 heterocycles. The van der Waals surface area contributed by atoms with Crippen molar-refractivity contribution < 1.29 is 8.42 Å². The Morgan fingerprint density at radius 1 is 1.15 bits per heavy atom. The molecule has 0 saturated heterocycles. The van der Waals surface area contributed by atoms with Crippen molar-refractivity contribution in [1.29, 1.82) is 0 Å². The molecule has 120 valence electrons. The molecule has 1 fully saturated rings. The lowest BCUT2D eigenvalue weighted by atomic mass is 9.64. The molecule has 2 N–H and O–H groups in total. The van der Waals surface area contributed by atoms with Gasteiger partial charge in [-0.1, -0.05) is 27.7 Å². The third-order valence-electron chi connectivity index (χ3n) is 5.14. The van der Waals surface area contributed by atoms with E-state index in [1.165, 1.54) is 19.3 Å². The summed E-state index contributed by atoms with van der Waals surface area (Å²) in [7, 11) is -2.82. The molecule has 0 aromatic carbocycles. The van der Waals surface area contributed by atoms with Gasteiger partial charge in [-0.3, -0.25) is 0 Å². The summed E-state index contributed by atoms with van der Waals surface area (Å²) in [6.07, 6.45) is 5.53. The monoisotopic (exact) mass is 303 g/mol. The SMILES string of the molecule is CCS(=O)(=O)CCCC1CC(C(C)(C)C)CCC1CN. The van der Waals surface area contributed by atoms with Crippen LogP contribution in [-0.4, -0.2) is 26.5 Å². The van der Waals surface area contributed by atoms with Crippen LogP contribution < -0.4 is 5.73 Å². The summed E-state index contributed by atoms with van der Waals surface area (Å²) in [5, 5.41) is 0. The maximum absolute atomic E-state index is 11.6. The van der Waals surface area contributed by atoms with Gasteiger partial charge in [0.05, 0.1) is 5.75 Å². The lowest BCUT2D eigenvalue weighted by Crippen LogP contribution is -2.35. The van der Waals surface area contributed by atoms with Crippen LogP contribution in [0.15, 0.2) is 0 Å². The van der Waals surface area contributed by atoms with Gasteiger partial charge in [0.25, 0.3) is 0 Å². The molecular weight excluding hydrogens is 270 g/mol. The first kappa shape index (κ1) is 18.0. The van der Waals surface area contributed by atoms with Gasteiger partial charge >= 0.3 is 0 Å². The maximum Gasteiger partial charge on any atom is 0.150 e. The maximum atomic E-state index is 11.6. The third-order valence-corrected chi connectivity index (χ3v) is 6.93. The van der Waals surface area contributed by atoms with Gasteiger partial charge < -0.3 is 5.73 Å². The van der Waals surface area contributed by atoms with Gasteiger partial charge in [0.1, 0.15) is 9.84 Å². The molecule has 1 aliphatic rings. The van der Waals surface area contributed by atoms with Crippen molar-refractivity contribution in [3.8, 4) is 0 Å². The van der Waals surface area contributed by atoms with E-state index in [-0.39, 0.29) is 5.75 Å². The van der Waals surface area contributed by atoms with E-state index in [4.69, 9.17) is 5.73 Å². The van der Waals surface area contributed by atoms with E-state index >= 15 is 0 Å². The first-order valence-electron chi connectivity index (χ1n) is 8.10. The first-order chi connectivity index (χ1) is 9.19. The van der Waals surface area contributed by atoms with Crippen LogP contribution >= 0.6 is 0 Å². The zero-order valence-electron chi connectivity index (χ0n) is 13.7. The molecule has 0 aromatic heterocycles. The van der Waals surface area contributed by atoms with E-state index in [0.29, 0.717) is 23.0 Å². The van der Waals surface area contributed by atoms with Gasteiger partial charge in [-0.2, -0.15) is 0 Å². The summed E-state index contributed by atoms with van der Waals surface area (Å²) in [5.74, 6) is 2.57. The van der Waals surface area contributed by atoms with Crippen molar-refractivity contribution >= 4 is 9.84 Å². The Bertz CT molecular complexity index is 384. The lowest BCUT2D eigenvalue weighted by Gasteiger charge is -2.41. The Labute approximate surface area is 125 Å². The highest BCUT2D eigenvalue weighted by Crippen LogP contribution is 2.43. The van der Waals surface area contributed by atoms with Crippen LogP contribution in [0.3, 0.4) is 0 Å². The second-order valence-corrected chi connectivity index (χ2v) is 9.98. The van der Waals surface area contributed by atoms with Crippen LogP contribution in [0.25, 0.3) is 0 Å². The third kappa shape index (κ3) is 5.36. The van der Waals surface area contributed by atoms with Gasteiger partial charge in [-0.15, -0.1) is 0 Å². The molecule has 0 bridgehead atoms. The molecule has 4 heteroatoms. The minimum absolute atomic E-state index is 0.266. The van der Waals surface area contributed by atoms with Crippen molar-refractivity contribution in [2.75, 3.05) is 18.1 Å². The standard InChI is InChI=1S/C16H33NO2S/c1-5-20(18,19)10-6-7-13-11-15(16(2,3)4)9-8-14(13)12-17/h13-15H,5-12,17H2,1-4H3. The number of nitrogens with two attached hydrogens (primary N) is 1. The smallest absolute Gasteiger partial charge is 0.150 e. The summed E-state index contributed by atoms with van der Waals surface area (Å²) < 4.78 is 23.2. The van der Waals surface area contributed by atoms with Crippen LogP contribution in [0.1, 0.15) is 59.8 Å². The van der Waals surface area contributed by atoms with E-state index < -0.39 is 9.84 Å². The normalized spacial score (nSPS) is 28.6. The van der Waals surface area contributed by atoms with Crippen molar-refractivity contribution in [2.24, 2.45) is 28.9 Å². The second-order valence-electron chi connectivity index (χ2n) is 7.51. The highest BCUT2D eigenvalue weighted by atomic mass is 32.2. The minimum atomic E-state index is -2.82. The molecule has 0 amide bonds. The summed E-state index contributed by atoms with van der Waals surface area (Å²) >= 11 is 0. The summed E-state index contributed by atoms with van der Waals surface area (Å²) in [6, 6.07) is 0. The fourth-order valence-electron chi connectivity index (χ4n) is 3.49. The molecule has 1 rings (SSSR count). The highest BCUT2D eigenvalue weighted by Gasteiger charge is 2.35. The molecular formula is C16H33NO2S. The predicted octanol–water partition coefficient (Wildman–Crippen LogP) is 3.24. The number of sulfone groups is 1. The highest BCUT2D eigenvalue weighted by molar-refractivity contribution is 7.91. The van der Waals surface area contributed by atoms with E-state index in [9.17, 15) is 8.42 Å². The van der Waals surface area contributed by atoms with Gasteiger partial charge in [0.15, 0.2) is 0 Å². The van der Waals surface area contributed by atoms with Gasteiger partial charge in [0, 0.05) is 5.75 Å². The zero-order chi connectivity index (χ0) is 15.4. The molecule has 1 saturated carbocycles. The number of hydrogen-bond donors (Lipinski definition) is 1. The Balaban J connectivity index is 2.55. The molecule has 0 aromatic rings. The average molecular weight is 304 g/mol. The van der Waals surface area contributed by atoms with Crippen molar-refractivity contribution in [3.63, 3.8) is 0 Å². The first-order valence-corrected chi connectivity index (χ1v) is 9.92. The predicted molar refractivity (Wildman–Crippen MR) is 86.4 cm³/mol. The molecule has 20 heavy (non-hydrogen) atoms. The van der Waals surface area contributed by atoms with Crippen molar-refractivity contribution in [1.82, 2.24) is 0 Å². The molecule has 0 spiro atoms. The fraction of sp³-hybridized carbons (Fsp3) is 1.00. The number of rotatable bonds is 6. The Hall–Kier alpha value is -0.0900. The zero-order valence-corrected chi connectivity index (χ0v) is 14.5. The summed E-state index contributed by atoms with van der Waals surface area (Å²) in [5.41, 5.74) is 6.27. The van der Waals surface area contributed by atoms with Crippen LogP contribution in [0.2, 0.25) is 0 Å². The van der Waals surface area contributed by atoms with Gasteiger partial charge in [0.2, 0.25) is 0 Å². The van der Waals surface area contributed by atoms with E-state index in [2.05, 4.69) is 20.8 Å². The average Bonchev–Trinajstić information content (AvgIpc) is 2.37. The quantitative estimate of drug-likeness (QED) is 0.819. The summed E-state index contributed by atoms with van der Waals surface area (Å²) in [4.78, 5) is 0. The van der Waals surface area contributed by atoms with Crippen LogP contribution in [-0.2, 0) is 9.84 Å². The van der Waals surface area contributed by atoms with E-state index in [1.54, 1.807) is 6.92 Å². The van der Waals surface area contributed by atoms with Crippen molar-refractivity contribution in [3.05, 3.63) is 0 Å². The van der Waals surface area contributed by atoms with Gasteiger partial charge in [-0.05, 0) is 61.8 Å². The molecule has 1 aliphatic carbocycles. The molecule has 3 atom stereocenters. The topological polar surface area (TPSA) is 60.2 Å². The van der Waals surface area contributed by atoms with Crippen LogP contribution in [0, 0.1) is 23.2 Å². The molecule has 0 radical (unpaired) electrons. The lowest BCUT2D eigenvalue weighted by molar-refractivity contribution is 0.0961. The largest absolute Gasteiger partial charge is 0.330 e. The van der Waals surface area contributed by atoms with Crippen LogP contribution in [0.4, 0.5) is 0 Å². The fourth-order valence-corrected chi connectivity index (χ4v) is 4.38. The second kappa shape index (κ2) is 7.26. The van der Waals surface area contributed by atoms with E-state index in [0.717, 1.165) is 25.3 Å². The summed E-state index contributed by atoms with van der Waals surface area (Å²) in [6.45, 7) is 9.44. The Morgan fingerprint density at radius 2 is 1.80 bits per heavy atom. The molecule has 3 unspecified atom stereocenters. The van der Waals surface area contributed by atoms with Crippen LogP contribution in [0.5, 0.6) is 0 Å². The molecule has 3 nitrogen and oxygen atoms in total. The Kier molecular flexibility index (Phi) is 6.52. The number of hydrogen-bond acceptors (Lipinski definition) is 3. The van der Waals surface area contributed by atoms with E-state index in [1.807, 2.05) is 0 Å².